The van der Waals surface area contributed by atoms with Gasteiger partial charge in [0.1, 0.15) is 24.7 Å². The van der Waals surface area contributed by atoms with Crippen LogP contribution in [0.15, 0.2) is 23.8 Å². The number of hydrogen-bond acceptors (Lipinski definition) is 2. The third kappa shape index (κ3) is 5.55. The molecule has 0 amide bonds. The lowest BCUT2D eigenvalue weighted by Crippen LogP contribution is -1.99. The van der Waals surface area contributed by atoms with Crippen LogP contribution in [0.4, 0.5) is 0 Å². The third-order valence-corrected chi connectivity index (χ3v) is 2.39. The van der Waals surface area contributed by atoms with Crippen LogP contribution < -0.4 is 9.47 Å². The number of allylic oxidation sites excluding steroid dienone is 1. The lowest BCUT2D eigenvalue weighted by atomic mass is 10.1. The van der Waals surface area contributed by atoms with Crippen molar-refractivity contribution < 1.29 is 9.47 Å². The van der Waals surface area contributed by atoms with Crippen LogP contribution in [0.1, 0.15) is 33.3 Å². The molecule has 0 aliphatic heterocycles. The van der Waals surface area contributed by atoms with Gasteiger partial charge < -0.3 is 9.47 Å². The fraction of sp³-hybridized carbons (Fsp3) is 0.333. The molecule has 20 heavy (non-hydrogen) atoms. The quantitative estimate of drug-likeness (QED) is 0.754. The molecule has 104 valence electrons. The average Bonchev–Trinajstić information content (AvgIpc) is 2.41. The molecule has 0 bridgehead atoms. The van der Waals surface area contributed by atoms with Crippen LogP contribution in [0, 0.1) is 23.7 Å². The van der Waals surface area contributed by atoms with Crippen LogP contribution in [-0.2, 0) is 0 Å². The van der Waals surface area contributed by atoms with Crippen LogP contribution in [-0.4, -0.2) is 13.2 Å². The van der Waals surface area contributed by atoms with Gasteiger partial charge in [-0.25, -0.2) is 0 Å². The second-order valence-corrected chi connectivity index (χ2v) is 4.35. The van der Waals surface area contributed by atoms with Gasteiger partial charge in [0.2, 0.25) is 0 Å². The lowest BCUT2D eigenvalue weighted by Gasteiger charge is -2.10. The second kappa shape index (κ2) is 8.73. The van der Waals surface area contributed by atoms with E-state index in [4.69, 9.17) is 9.47 Å². The van der Waals surface area contributed by atoms with Crippen molar-refractivity contribution in [1.82, 2.24) is 0 Å². The maximum atomic E-state index is 5.69. The molecule has 2 heteroatoms. The Morgan fingerprint density at radius 1 is 1.05 bits per heavy atom. The summed E-state index contributed by atoms with van der Waals surface area (Å²) in [5.41, 5.74) is 2.23. The molecule has 0 N–H and O–H groups in total. The van der Waals surface area contributed by atoms with Gasteiger partial charge in [0.15, 0.2) is 0 Å². The summed E-state index contributed by atoms with van der Waals surface area (Å²) in [4.78, 5) is 0. The first-order chi connectivity index (χ1) is 9.67. The Hall–Kier alpha value is -2.32. The van der Waals surface area contributed by atoms with E-state index in [2.05, 4.69) is 43.6 Å². The zero-order valence-electron chi connectivity index (χ0n) is 12.5. The van der Waals surface area contributed by atoms with Crippen molar-refractivity contribution in [3.05, 3.63) is 29.3 Å². The van der Waals surface area contributed by atoms with Gasteiger partial charge in [-0.3, -0.25) is 0 Å². The van der Waals surface area contributed by atoms with E-state index in [1.165, 1.54) is 5.57 Å². The largest absolute Gasteiger partial charge is 0.481 e. The Kier molecular flexibility index (Phi) is 6.87. The van der Waals surface area contributed by atoms with Gasteiger partial charge >= 0.3 is 0 Å². The molecule has 0 heterocycles. The molecule has 0 fully saturated rings. The van der Waals surface area contributed by atoms with Crippen LogP contribution in [0.5, 0.6) is 11.5 Å². The molecule has 0 spiro atoms. The van der Waals surface area contributed by atoms with Gasteiger partial charge in [0, 0.05) is 11.6 Å². The number of rotatable bonds is 5. The fourth-order valence-corrected chi connectivity index (χ4v) is 1.54. The van der Waals surface area contributed by atoms with Gasteiger partial charge in [-0.1, -0.05) is 23.5 Å². The number of hydrogen-bond donors (Lipinski definition) is 0. The summed E-state index contributed by atoms with van der Waals surface area (Å²) in [6.07, 6.45) is 2.07. The topological polar surface area (TPSA) is 18.5 Å². The number of benzene rings is 1. The molecule has 0 radical (unpaired) electrons. The summed E-state index contributed by atoms with van der Waals surface area (Å²) < 4.78 is 11.2. The van der Waals surface area contributed by atoms with E-state index in [1.54, 1.807) is 13.8 Å². The molecule has 0 unspecified atom stereocenters. The summed E-state index contributed by atoms with van der Waals surface area (Å²) in [7, 11) is 0. The Morgan fingerprint density at radius 3 is 2.30 bits per heavy atom. The van der Waals surface area contributed by atoms with E-state index < -0.39 is 0 Å². The Labute approximate surface area is 121 Å². The molecule has 0 aromatic heterocycles. The number of ether oxygens (including phenoxy) is 2. The molecule has 1 rings (SSSR count). The molecule has 1 aromatic carbocycles. The minimum atomic E-state index is 0.373. The van der Waals surface area contributed by atoms with Crippen molar-refractivity contribution >= 4 is 6.08 Å². The highest BCUT2D eigenvalue weighted by atomic mass is 16.5. The summed E-state index contributed by atoms with van der Waals surface area (Å²) >= 11 is 0. The SMILES string of the molecule is CC#CCOc1ccc(C=C(C)C)c(OCC#CC)c1. The predicted octanol–water partition coefficient (Wildman–Crippen LogP) is 3.91. The molecular formula is C18H20O2. The van der Waals surface area contributed by atoms with Crippen molar-refractivity contribution in [3.8, 4) is 35.2 Å². The Bertz CT molecular complexity index is 585. The maximum absolute atomic E-state index is 5.69. The third-order valence-electron chi connectivity index (χ3n) is 2.39. The van der Waals surface area contributed by atoms with E-state index in [9.17, 15) is 0 Å². The standard InChI is InChI=1S/C18H20O2/c1-5-7-11-19-17-10-9-16(13-15(3)4)18(14-17)20-12-8-6-2/h9-10,13-14H,11-12H2,1-4H3. The van der Waals surface area contributed by atoms with E-state index in [-0.39, 0.29) is 0 Å². The van der Waals surface area contributed by atoms with Crippen molar-refractivity contribution in [1.29, 1.82) is 0 Å². The van der Waals surface area contributed by atoms with E-state index >= 15 is 0 Å². The van der Waals surface area contributed by atoms with E-state index in [1.807, 2.05) is 18.2 Å². The van der Waals surface area contributed by atoms with Gasteiger partial charge in [0.05, 0.1) is 0 Å². The molecular weight excluding hydrogens is 248 g/mol. The average molecular weight is 268 g/mol. The van der Waals surface area contributed by atoms with Crippen molar-refractivity contribution in [3.63, 3.8) is 0 Å². The molecule has 0 saturated heterocycles. The molecule has 0 saturated carbocycles. The van der Waals surface area contributed by atoms with Gasteiger partial charge in [-0.2, -0.15) is 0 Å². The monoisotopic (exact) mass is 268 g/mol. The summed E-state index contributed by atoms with van der Waals surface area (Å²) in [6.45, 7) is 8.45. The fourth-order valence-electron chi connectivity index (χ4n) is 1.54. The van der Waals surface area contributed by atoms with E-state index in [0.29, 0.717) is 13.2 Å². The molecule has 2 nitrogen and oxygen atoms in total. The van der Waals surface area contributed by atoms with Gasteiger partial charge in [0.25, 0.3) is 0 Å². The van der Waals surface area contributed by atoms with Crippen molar-refractivity contribution in [2.24, 2.45) is 0 Å². The van der Waals surface area contributed by atoms with Crippen molar-refractivity contribution in [2.45, 2.75) is 27.7 Å². The van der Waals surface area contributed by atoms with Gasteiger partial charge in [-0.05, 0) is 39.8 Å². The highest BCUT2D eigenvalue weighted by Crippen LogP contribution is 2.27. The van der Waals surface area contributed by atoms with Crippen molar-refractivity contribution in [2.75, 3.05) is 13.2 Å². The van der Waals surface area contributed by atoms with Crippen LogP contribution in [0.25, 0.3) is 6.08 Å². The van der Waals surface area contributed by atoms with Crippen LogP contribution in [0.3, 0.4) is 0 Å². The first-order valence-corrected chi connectivity index (χ1v) is 6.51. The summed E-state index contributed by atoms with van der Waals surface area (Å²) in [5.74, 6) is 12.9. The zero-order valence-corrected chi connectivity index (χ0v) is 12.5. The summed E-state index contributed by atoms with van der Waals surface area (Å²) in [5, 5.41) is 0. The lowest BCUT2D eigenvalue weighted by molar-refractivity contribution is 0.351. The normalized spacial score (nSPS) is 8.60. The first-order valence-electron chi connectivity index (χ1n) is 6.51. The Morgan fingerprint density at radius 2 is 1.70 bits per heavy atom. The molecule has 0 aliphatic rings. The summed E-state index contributed by atoms with van der Waals surface area (Å²) in [6, 6.07) is 5.78. The van der Waals surface area contributed by atoms with Crippen LogP contribution >= 0.6 is 0 Å². The Balaban J connectivity index is 2.95. The maximum Gasteiger partial charge on any atom is 0.149 e. The smallest absolute Gasteiger partial charge is 0.149 e. The highest BCUT2D eigenvalue weighted by molar-refractivity contribution is 5.61. The highest BCUT2D eigenvalue weighted by Gasteiger charge is 2.04. The molecule has 0 atom stereocenters. The predicted molar refractivity (Wildman–Crippen MR) is 83.7 cm³/mol. The minimum Gasteiger partial charge on any atom is -0.481 e. The van der Waals surface area contributed by atoms with E-state index in [0.717, 1.165) is 17.1 Å². The molecule has 0 aliphatic carbocycles. The zero-order chi connectivity index (χ0) is 14.8. The minimum absolute atomic E-state index is 0.373. The molecule has 1 aromatic rings. The first kappa shape index (κ1) is 15.7. The second-order valence-electron chi connectivity index (χ2n) is 4.35. The van der Waals surface area contributed by atoms with Crippen LogP contribution in [0.2, 0.25) is 0 Å². The van der Waals surface area contributed by atoms with Gasteiger partial charge in [-0.15, -0.1) is 11.8 Å².